The number of H-pyrrole nitrogens is 1. The number of aryl methyl sites for hydroxylation is 1. The molecule has 0 radical (unpaired) electrons. The number of nitrogens with zero attached hydrogens (tertiary/aromatic N) is 3. The first-order valence-electron chi connectivity index (χ1n) is 16.0. The maximum absolute atomic E-state index is 13.3. The average Bonchev–Trinajstić information content (AvgIpc) is 3.48. The van der Waals surface area contributed by atoms with Crippen LogP contribution in [0.25, 0.3) is 10.9 Å². The summed E-state index contributed by atoms with van der Waals surface area (Å²) in [5, 5.41) is 41.1. The van der Waals surface area contributed by atoms with Crippen molar-refractivity contribution in [3.63, 3.8) is 0 Å². The van der Waals surface area contributed by atoms with Gasteiger partial charge in [0.15, 0.2) is 5.69 Å². The van der Waals surface area contributed by atoms with Crippen molar-refractivity contribution < 1.29 is 29.6 Å². The first kappa shape index (κ1) is 34.7. The Balaban J connectivity index is 1.14. The summed E-state index contributed by atoms with van der Waals surface area (Å²) >= 11 is 0. The van der Waals surface area contributed by atoms with Crippen LogP contribution in [0.4, 0.5) is 4.79 Å². The van der Waals surface area contributed by atoms with E-state index in [2.05, 4.69) is 20.7 Å². The number of aromatic hydroxyl groups is 1. The Morgan fingerprint density at radius 1 is 1.02 bits per heavy atom. The molecule has 3 aromatic carbocycles. The Morgan fingerprint density at radius 3 is 2.55 bits per heavy atom. The standard InChI is InChI=1S/C36H40N6O7/c1-3-42(18-8-17-37-21-31(44)27-13-15-30(43)34-28(27)14-16-32(45)38-34)35(46)29-20-25(41(2)40-29)22-49-26-12-7-11-24(19-26)33(39-36(47)48)23-9-5-4-6-10-23/h4-7,9-16,19-20,31,33,37,39,43-44H,3,8,17-18,21-22H2,1-2H3,(H,38,45)(H,47,48). The Morgan fingerprint density at radius 2 is 1.80 bits per heavy atom. The number of ether oxygens (including phenoxy) is 1. The minimum Gasteiger partial charge on any atom is -0.506 e. The molecular formula is C36H40N6O7. The zero-order valence-electron chi connectivity index (χ0n) is 27.3. The van der Waals surface area contributed by atoms with Crippen molar-refractivity contribution in [2.24, 2.45) is 7.05 Å². The molecule has 0 saturated carbocycles. The molecular weight excluding hydrogens is 628 g/mol. The number of hydrogen-bond acceptors (Lipinski definition) is 8. The summed E-state index contributed by atoms with van der Waals surface area (Å²) in [6.45, 7) is 3.80. The van der Waals surface area contributed by atoms with Crippen LogP contribution in [-0.2, 0) is 13.7 Å². The fourth-order valence-corrected chi connectivity index (χ4v) is 5.67. The van der Waals surface area contributed by atoms with Crippen molar-refractivity contribution in [1.82, 2.24) is 30.3 Å². The zero-order chi connectivity index (χ0) is 34.9. The maximum atomic E-state index is 13.3. The van der Waals surface area contributed by atoms with E-state index in [4.69, 9.17) is 4.74 Å². The summed E-state index contributed by atoms with van der Waals surface area (Å²) in [7, 11) is 1.74. The molecule has 13 heteroatoms. The molecule has 0 aliphatic carbocycles. The number of aliphatic hydroxyl groups excluding tert-OH is 1. The van der Waals surface area contributed by atoms with E-state index in [-0.39, 0.29) is 35.9 Å². The number of carbonyl (C=O) groups is 2. The van der Waals surface area contributed by atoms with E-state index in [9.17, 15) is 29.7 Å². The van der Waals surface area contributed by atoms with Gasteiger partial charge in [0.05, 0.1) is 23.4 Å². The molecule has 0 bridgehead atoms. The van der Waals surface area contributed by atoms with Gasteiger partial charge in [-0.1, -0.05) is 48.5 Å². The van der Waals surface area contributed by atoms with Crippen molar-refractivity contribution in [3.8, 4) is 11.5 Å². The second-order valence-corrected chi connectivity index (χ2v) is 11.5. The van der Waals surface area contributed by atoms with Crippen LogP contribution in [0.5, 0.6) is 11.5 Å². The number of aliphatic hydroxyl groups is 1. The summed E-state index contributed by atoms with van der Waals surface area (Å²) in [4.78, 5) is 40.8. The normalized spacial score (nSPS) is 12.4. The fourth-order valence-electron chi connectivity index (χ4n) is 5.67. The SMILES string of the molecule is CCN(CCCNCC(O)c1ccc(O)c2[nH]c(=O)ccc12)C(=O)c1cc(COc2cccc(C(NC(=O)O)c3ccccc3)c2)n(C)n1. The van der Waals surface area contributed by atoms with Gasteiger partial charge in [-0.25, -0.2) is 4.79 Å². The van der Waals surface area contributed by atoms with Crippen LogP contribution in [0.1, 0.15) is 58.4 Å². The smallest absolute Gasteiger partial charge is 0.405 e. The van der Waals surface area contributed by atoms with E-state index in [0.29, 0.717) is 54.1 Å². The number of phenols is 1. The first-order chi connectivity index (χ1) is 23.6. The molecule has 0 saturated heterocycles. The molecule has 2 unspecified atom stereocenters. The third-order valence-corrected chi connectivity index (χ3v) is 8.23. The van der Waals surface area contributed by atoms with Crippen LogP contribution >= 0.6 is 0 Å². The second kappa shape index (κ2) is 16.0. The number of aromatic amines is 1. The predicted molar refractivity (Wildman–Crippen MR) is 184 cm³/mol. The van der Waals surface area contributed by atoms with E-state index in [0.717, 1.165) is 11.1 Å². The van der Waals surface area contributed by atoms with Gasteiger partial charge in [-0.3, -0.25) is 14.3 Å². The van der Waals surface area contributed by atoms with Gasteiger partial charge in [-0.15, -0.1) is 0 Å². The largest absolute Gasteiger partial charge is 0.506 e. The minimum atomic E-state index is -1.14. The average molecular weight is 669 g/mol. The molecule has 49 heavy (non-hydrogen) atoms. The van der Waals surface area contributed by atoms with Crippen molar-refractivity contribution in [2.75, 3.05) is 26.2 Å². The molecule has 256 valence electrons. The highest BCUT2D eigenvalue weighted by atomic mass is 16.5. The Kier molecular flexibility index (Phi) is 11.3. The topological polar surface area (TPSA) is 182 Å². The van der Waals surface area contributed by atoms with E-state index in [1.807, 2.05) is 43.3 Å². The number of carboxylic acid groups (broad SMARTS) is 1. The number of carbonyl (C=O) groups excluding carboxylic acids is 1. The predicted octanol–water partition coefficient (Wildman–Crippen LogP) is 4.08. The number of hydrogen-bond donors (Lipinski definition) is 6. The molecule has 2 amide bonds. The number of phenolic OH excluding ortho intramolecular Hbond substituents is 1. The summed E-state index contributed by atoms with van der Waals surface area (Å²) in [5.41, 5.74) is 3.03. The summed E-state index contributed by atoms with van der Waals surface area (Å²) < 4.78 is 7.65. The number of aromatic nitrogens is 3. The third-order valence-electron chi connectivity index (χ3n) is 8.23. The summed E-state index contributed by atoms with van der Waals surface area (Å²) in [6.07, 6.45) is -1.37. The molecule has 2 atom stereocenters. The fraction of sp³-hybridized carbons (Fsp3) is 0.278. The molecule has 0 aliphatic heterocycles. The lowest BCUT2D eigenvalue weighted by Crippen LogP contribution is -2.34. The van der Waals surface area contributed by atoms with Gasteiger partial charge in [0, 0.05) is 38.1 Å². The lowest BCUT2D eigenvalue weighted by Gasteiger charge is -2.20. The Hall–Kier alpha value is -5.66. The van der Waals surface area contributed by atoms with E-state index < -0.39 is 18.2 Å². The van der Waals surface area contributed by atoms with Crippen LogP contribution in [0, 0.1) is 0 Å². The number of amides is 2. The molecule has 0 aliphatic rings. The summed E-state index contributed by atoms with van der Waals surface area (Å²) in [6, 6.07) is 23.6. The lowest BCUT2D eigenvalue weighted by atomic mass is 9.99. The molecule has 0 spiro atoms. The van der Waals surface area contributed by atoms with Gasteiger partial charge < -0.3 is 40.6 Å². The molecule has 5 rings (SSSR count). The number of fused-ring (bicyclic) bond motifs is 1. The van der Waals surface area contributed by atoms with Gasteiger partial charge >= 0.3 is 6.09 Å². The van der Waals surface area contributed by atoms with Crippen molar-refractivity contribution in [2.45, 2.75) is 32.1 Å². The van der Waals surface area contributed by atoms with Crippen LogP contribution in [0.3, 0.4) is 0 Å². The second-order valence-electron chi connectivity index (χ2n) is 11.5. The van der Waals surface area contributed by atoms with Crippen LogP contribution in [0.2, 0.25) is 0 Å². The van der Waals surface area contributed by atoms with Crippen LogP contribution in [0.15, 0.2) is 89.7 Å². The van der Waals surface area contributed by atoms with Gasteiger partial charge in [0.2, 0.25) is 5.56 Å². The Bertz CT molecular complexity index is 1960. The number of pyridine rings is 1. The molecule has 13 nitrogen and oxygen atoms in total. The van der Waals surface area contributed by atoms with E-state index >= 15 is 0 Å². The van der Waals surface area contributed by atoms with Gasteiger partial charge in [-0.05, 0) is 66.9 Å². The van der Waals surface area contributed by atoms with Crippen LogP contribution < -0.4 is 20.9 Å². The zero-order valence-corrected chi connectivity index (χ0v) is 27.3. The van der Waals surface area contributed by atoms with Gasteiger partial charge in [0.25, 0.3) is 5.91 Å². The Labute approximate surface area is 282 Å². The molecule has 2 heterocycles. The summed E-state index contributed by atoms with van der Waals surface area (Å²) in [5.74, 6) is 0.269. The van der Waals surface area contributed by atoms with Gasteiger partial charge in [-0.2, -0.15) is 5.10 Å². The van der Waals surface area contributed by atoms with Crippen molar-refractivity contribution >= 4 is 22.9 Å². The van der Waals surface area contributed by atoms with Crippen molar-refractivity contribution in [1.29, 1.82) is 0 Å². The van der Waals surface area contributed by atoms with Crippen LogP contribution in [-0.4, -0.2) is 73.2 Å². The molecule has 5 aromatic rings. The first-order valence-corrected chi connectivity index (χ1v) is 16.0. The highest BCUT2D eigenvalue weighted by molar-refractivity contribution is 5.92. The van der Waals surface area contributed by atoms with Crippen molar-refractivity contribution in [3.05, 3.63) is 123 Å². The quantitative estimate of drug-likeness (QED) is 0.0896. The minimum absolute atomic E-state index is 0.0665. The number of benzene rings is 3. The van der Waals surface area contributed by atoms with Gasteiger partial charge in [0.1, 0.15) is 18.1 Å². The molecule has 2 aromatic heterocycles. The monoisotopic (exact) mass is 668 g/mol. The lowest BCUT2D eigenvalue weighted by molar-refractivity contribution is 0.0755. The molecule has 6 N–H and O–H groups in total. The highest BCUT2D eigenvalue weighted by Crippen LogP contribution is 2.29. The maximum Gasteiger partial charge on any atom is 0.405 e. The van der Waals surface area contributed by atoms with E-state index in [1.165, 1.54) is 12.1 Å². The molecule has 0 fully saturated rings. The number of nitrogens with one attached hydrogen (secondary N) is 3. The third kappa shape index (κ3) is 8.63. The highest BCUT2D eigenvalue weighted by Gasteiger charge is 2.20. The van der Waals surface area contributed by atoms with E-state index in [1.54, 1.807) is 53.0 Å². The number of rotatable bonds is 15.